The molecule has 17 heavy (non-hydrogen) atoms. The first-order valence-electron chi connectivity index (χ1n) is 5.50. The number of carbonyl (C=O) groups is 2. The van der Waals surface area contributed by atoms with E-state index >= 15 is 0 Å². The Labute approximate surface area is 98.8 Å². The normalized spacial score (nSPS) is 14.3. The number of fused-ring (bicyclic) bond motifs is 1. The predicted molar refractivity (Wildman–Crippen MR) is 63.1 cm³/mol. The van der Waals surface area contributed by atoms with E-state index in [2.05, 4.69) is 0 Å². The van der Waals surface area contributed by atoms with Gasteiger partial charge in [0.05, 0.1) is 12.1 Å². The van der Waals surface area contributed by atoms with Crippen molar-refractivity contribution in [3.63, 3.8) is 0 Å². The summed E-state index contributed by atoms with van der Waals surface area (Å²) in [6.45, 7) is 0.544. The lowest BCUT2D eigenvalue weighted by atomic mass is 9.96. The van der Waals surface area contributed by atoms with E-state index in [-0.39, 0.29) is 18.0 Å². The average molecular weight is 234 g/mol. The van der Waals surface area contributed by atoms with E-state index in [1.54, 1.807) is 23.1 Å². The van der Waals surface area contributed by atoms with Crippen LogP contribution in [0.5, 0.6) is 0 Å². The number of rotatable bonds is 2. The maximum absolute atomic E-state index is 11.7. The van der Waals surface area contributed by atoms with Crippen molar-refractivity contribution in [2.45, 2.75) is 12.8 Å². The Balaban J connectivity index is 2.49. The third-order valence-corrected chi connectivity index (χ3v) is 2.96. The van der Waals surface area contributed by atoms with Gasteiger partial charge in [-0.3, -0.25) is 4.79 Å². The van der Waals surface area contributed by atoms with E-state index in [4.69, 9.17) is 10.8 Å². The second-order valence-electron chi connectivity index (χ2n) is 3.96. The standard InChI is InChI=1S/C12H14N2O3/c13-7-11(15)14-6-2-4-8-9(12(16)17)3-1-5-10(8)14/h1,3,5H,2,4,6-7,13H2,(H,16,17). The van der Waals surface area contributed by atoms with E-state index in [1.807, 2.05) is 0 Å². The fraction of sp³-hybridized carbons (Fsp3) is 0.333. The molecule has 0 saturated heterocycles. The first-order chi connectivity index (χ1) is 8.15. The molecule has 3 N–H and O–H groups in total. The minimum Gasteiger partial charge on any atom is -0.478 e. The maximum atomic E-state index is 11.7. The Bertz CT molecular complexity index is 471. The van der Waals surface area contributed by atoms with Gasteiger partial charge in [0, 0.05) is 12.2 Å². The molecule has 1 amide bonds. The van der Waals surface area contributed by atoms with E-state index in [1.165, 1.54) is 0 Å². The van der Waals surface area contributed by atoms with Gasteiger partial charge in [0.15, 0.2) is 0 Å². The van der Waals surface area contributed by atoms with Crippen LogP contribution in [-0.4, -0.2) is 30.1 Å². The van der Waals surface area contributed by atoms with Gasteiger partial charge >= 0.3 is 5.97 Å². The van der Waals surface area contributed by atoms with Gasteiger partial charge in [-0.2, -0.15) is 0 Å². The van der Waals surface area contributed by atoms with Crippen molar-refractivity contribution in [1.82, 2.24) is 0 Å². The van der Waals surface area contributed by atoms with Crippen molar-refractivity contribution in [2.75, 3.05) is 18.0 Å². The van der Waals surface area contributed by atoms with Crippen LogP contribution >= 0.6 is 0 Å². The summed E-state index contributed by atoms with van der Waals surface area (Å²) in [5, 5.41) is 9.09. The first-order valence-corrected chi connectivity index (χ1v) is 5.50. The predicted octanol–water partition coefficient (Wildman–Crippen LogP) is 0.623. The summed E-state index contributed by atoms with van der Waals surface area (Å²) in [5.74, 6) is -1.13. The van der Waals surface area contributed by atoms with Crippen LogP contribution in [0.25, 0.3) is 0 Å². The number of carboxylic acids is 1. The molecule has 0 spiro atoms. The molecule has 0 aliphatic carbocycles. The smallest absolute Gasteiger partial charge is 0.336 e. The molecule has 2 rings (SSSR count). The van der Waals surface area contributed by atoms with Crippen LogP contribution < -0.4 is 10.6 Å². The molecule has 0 bridgehead atoms. The highest BCUT2D eigenvalue weighted by Gasteiger charge is 2.24. The van der Waals surface area contributed by atoms with Gasteiger partial charge in [-0.25, -0.2) is 4.79 Å². The summed E-state index contributed by atoms with van der Waals surface area (Å²) >= 11 is 0. The third kappa shape index (κ3) is 2.01. The Morgan fingerprint density at radius 1 is 1.41 bits per heavy atom. The molecule has 0 atom stereocenters. The van der Waals surface area contributed by atoms with Crippen LogP contribution in [-0.2, 0) is 11.2 Å². The molecular formula is C12H14N2O3. The number of nitrogens with two attached hydrogens (primary N) is 1. The van der Waals surface area contributed by atoms with Crippen LogP contribution in [0, 0.1) is 0 Å². The Kier molecular flexibility index (Phi) is 3.10. The maximum Gasteiger partial charge on any atom is 0.336 e. The molecule has 5 heteroatoms. The summed E-state index contributed by atoms with van der Waals surface area (Å²) in [7, 11) is 0. The van der Waals surface area contributed by atoms with Gasteiger partial charge in [-0.1, -0.05) is 6.07 Å². The van der Waals surface area contributed by atoms with Gasteiger partial charge in [-0.05, 0) is 30.5 Å². The Morgan fingerprint density at radius 3 is 2.82 bits per heavy atom. The lowest BCUT2D eigenvalue weighted by molar-refractivity contribution is -0.117. The Hall–Kier alpha value is -1.88. The summed E-state index contributed by atoms with van der Waals surface area (Å²) in [5.41, 5.74) is 7.04. The highest BCUT2D eigenvalue weighted by Crippen LogP contribution is 2.29. The number of aromatic carboxylic acids is 1. The van der Waals surface area contributed by atoms with Crippen LogP contribution in [0.4, 0.5) is 5.69 Å². The summed E-state index contributed by atoms with van der Waals surface area (Å²) < 4.78 is 0. The minimum absolute atomic E-state index is 0.0588. The number of hydrogen-bond acceptors (Lipinski definition) is 3. The fourth-order valence-electron chi connectivity index (χ4n) is 2.19. The van der Waals surface area contributed by atoms with Crippen LogP contribution in [0.2, 0.25) is 0 Å². The molecule has 0 unspecified atom stereocenters. The monoisotopic (exact) mass is 234 g/mol. The molecule has 1 heterocycles. The average Bonchev–Trinajstić information content (AvgIpc) is 2.36. The SMILES string of the molecule is NCC(=O)N1CCCc2c(C(=O)O)cccc21. The molecule has 1 aliphatic rings. The number of carboxylic acid groups (broad SMARTS) is 1. The number of anilines is 1. The van der Waals surface area contributed by atoms with Crippen molar-refractivity contribution >= 4 is 17.6 Å². The summed E-state index contributed by atoms with van der Waals surface area (Å²) in [6.07, 6.45) is 1.45. The van der Waals surface area contributed by atoms with Gasteiger partial charge in [0.25, 0.3) is 0 Å². The van der Waals surface area contributed by atoms with Gasteiger partial charge in [0.2, 0.25) is 5.91 Å². The summed E-state index contributed by atoms with van der Waals surface area (Å²) in [4.78, 5) is 24.3. The number of benzene rings is 1. The highest BCUT2D eigenvalue weighted by atomic mass is 16.4. The zero-order valence-electron chi connectivity index (χ0n) is 9.35. The number of carbonyl (C=O) groups excluding carboxylic acids is 1. The lowest BCUT2D eigenvalue weighted by Gasteiger charge is -2.30. The van der Waals surface area contributed by atoms with E-state index < -0.39 is 5.97 Å². The molecule has 0 fully saturated rings. The van der Waals surface area contributed by atoms with Crippen molar-refractivity contribution in [1.29, 1.82) is 0 Å². The van der Waals surface area contributed by atoms with Gasteiger partial charge in [0.1, 0.15) is 0 Å². The largest absolute Gasteiger partial charge is 0.478 e. The van der Waals surface area contributed by atoms with Gasteiger partial charge < -0.3 is 15.7 Å². The second kappa shape index (κ2) is 4.55. The van der Waals surface area contributed by atoms with Crippen LogP contribution in [0.1, 0.15) is 22.3 Å². The molecule has 1 aliphatic heterocycles. The lowest BCUT2D eigenvalue weighted by Crippen LogP contribution is -2.39. The minimum atomic E-state index is -0.955. The van der Waals surface area contributed by atoms with Crippen molar-refractivity contribution < 1.29 is 14.7 Å². The number of nitrogens with zero attached hydrogens (tertiary/aromatic N) is 1. The quantitative estimate of drug-likeness (QED) is 0.785. The molecule has 5 nitrogen and oxygen atoms in total. The van der Waals surface area contributed by atoms with E-state index in [9.17, 15) is 9.59 Å². The molecule has 1 aromatic rings. The van der Waals surface area contributed by atoms with E-state index in [0.29, 0.717) is 18.7 Å². The third-order valence-electron chi connectivity index (χ3n) is 2.96. The first kappa shape index (κ1) is 11.6. The fourth-order valence-corrected chi connectivity index (χ4v) is 2.19. The molecule has 90 valence electrons. The summed E-state index contributed by atoms with van der Waals surface area (Å²) in [6, 6.07) is 5.00. The molecule has 0 aromatic heterocycles. The number of hydrogen-bond donors (Lipinski definition) is 2. The van der Waals surface area contributed by atoms with Crippen molar-refractivity contribution in [3.05, 3.63) is 29.3 Å². The topological polar surface area (TPSA) is 83.6 Å². The zero-order valence-corrected chi connectivity index (χ0v) is 9.35. The second-order valence-corrected chi connectivity index (χ2v) is 3.96. The Morgan fingerprint density at radius 2 is 2.18 bits per heavy atom. The van der Waals surface area contributed by atoms with Crippen LogP contribution in [0.15, 0.2) is 18.2 Å². The molecule has 0 radical (unpaired) electrons. The van der Waals surface area contributed by atoms with E-state index in [0.717, 1.165) is 12.0 Å². The van der Waals surface area contributed by atoms with Crippen molar-refractivity contribution in [3.8, 4) is 0 Å². The zero-order chi connectivity index (χ0) is 12.4. The number of amides is 1. The highest BCUT2D eigenvalue weighted by molar-refractivity contribution is 5.99. The van der Waals surface area contributed by atoms with Gasteiger partial charge in [-0.15, -0.1) is 0 Å². The molecular weight excluding hydrogens is 220 g/mol. The van der Waals surface area contributed by atoms with Crippen molar-refractivity contribution in [2.24, 2.45) is 5.73 Å². The molecule has 0 saturated carbocycles. The van der Waals surface area contributed by atoms with Crippen LogP contribution in [0.3, 0.4) is 0 Å². The molecule has 1 aromatic carbocycles.